The van der Waals surface area contributed by atoms with Crippen LogP contribution in [0.2, 0.25) is 0 Å². The minimum atomic E-state index is -4.96. The molecule has 0 amide bonds. The van der Waals surface area contributed by atoms with Crippen molar-refractivity contribution in [1.29, 1.82) is 0 Å². The topological polar surface area (TPSA) is 237 Å². The molecule has 3 N–H and O–H groups in total. The first kappa shape index (κ1) is 87.5. The molecule has 0 saturated heterocycles. The Morgan fingerprint density at radius 3 is 0.989 bits per heavy atom. The molecule has 0 aliphatic carbocycles. The van der Waals surface area contributed by atoms with Crippen LogP contribution in [0.3, 0.4) is 0 Å². The van der Waals surface area contributed by atoms with Crippen molar-refractivity contribution in [2.75, 3.05) is 39.6 Å². The molecule has 530 valence electrons. The van der Waals surface area contributed by atoms with Crippen molar-refractivity contribution in [2.45, 2.75) is 349 Å². The van der Waals surface area contributed by atoms with Crippen molar-refractivity contribution in [1.82, 2.24) is 0 Å². The molecular weight excluding hydrogens is 1190 g/mol. The third-order valence-corrected chi connectivity index (χ3v) is 18.0. The summed E-state index contributed by atoms with van der Waals surface area (Å²) < 4.78 is 68.3. The number of ether oxygens (including phenoxy) is 4. The second-order valence-electron chi connectivity index (χ2n) is 26.1. The maximum absolute atomic E-state index is 13.0. The van der Waals surface area contributed by atoms with Crippen LogP contribution in [0.25, 0.3) is 0 Å². The highest BCUT2D eigenvalue weighted by Gasteiger charge is 2.30. The molecule has 0 aromatic carbocycles. The Balaban J connectivity index is 5.30. The molecule has 4 unspecified atom stereocenters. The zero-order valence-corrected chi connectivity index (χ0v) is 59.9. The third kappa shape index (κ3) is 63.0. The Labute approximate surface area is 548 Å². The van der Waals surface area contributed by atoms with E-state index in [2.05, 4.69) is 72.8 Å². The molecule has 0 aromatic rings. The van der Waals surface area contributed by atoms with Crippen molar-refractivity contribution in [3.05, 3.63) is 24.3 Å². The predicted molar refractivity (Wildman–Crippen MR) is 363 cm³/mol. The second-order valence-corrected chi connectivity index (χ2v) is 29.0. The van der Waals surface area contributed by atoms with Crippen LogP contribution in [0.15, 0.2) is 24.3 Å². The molecule has 0 fully saturated rings. The van der Waals surface area contributed by atoms with Crippen molar-refractivity contribution in [2.24, 2.45) is 17.8 Å². The van der Waals surface area contributed by atoms with Crippen LogP contribution in [0, 0.1) is 17.8 Å². The van der Waals surface area contributed by atoms with Gasteiger partial charge in [0.2, 0.25) is 0 Å². The van der Waals surface area contributed by atoms with Gasteiger partial charge in [0.1, 0.15) is 19.3 Å². The van der Waals surface area contributed by atoms with Crippen molar-refractivity contribution in [3.8, 4) is 0 Å². The van der Waals surface area contributed by atoms with Gasteiger partial charge >= 0.3 is 39.5 Å². The van der Waals surface area contributed by atoms with Gasteiger partial charge in [-0.25, -0.2) is 9.13 Å². The van der Waals surface area contributed by atoms with Crippen LogP contribution >= 0.6 is 15.6 Å². The lowest BCUT2D eigenvalue weighted by Crippen LogP contribution is -2.30. The second kappa shape index (κ2) is 61.4. The van der Waals surface area contributed by atoms with Gasteiger partial charge in [0.05, 0.1) is 26.4 Å². The molecule has 0 saturated carbocycles. The minimum absolute atomic E-state index is 0.0985. The number of hydrogen-bond acceptors (Lipinski definition) is 15. The highest BCUT2D eigenvalue weighted by atomic mass is 31.2. The maximum atomic E-state index is 13.0. The van der Waals surface area contributed by atoms with Gasteiger partial charge in [-0.2, -0.15) is 0 Å². The van der Waals surface area contributed by atoms with Crippen LogP contribution < -0.4 is 0 Å². The van der Waals surface area contributed by atoms with Crippen LogP contribution in [-0.4, -0.2) is 96.7 Å². The van der Waals surface area contributed by atoms with Gasteiger partial charge in [0, 0.05) is 25.7 Å². The van der Waals surface area contributed by atoms with Gasteiger partial charge in [-0.05, 0) is 69.1 Å². The summed E-state index contributed by atoms with van der Waals surface area (Å²) in [5, 5.41) is 10.6. The van der Waals surface area contributed by atoms with E-state index in [0.29, 0.717) is 31.6 Å². The summed E-state index contributed by atoms with van der Waals surface area (Å²) in [4.78, 5) is 72.5. The van der Waals surface area contributed by atoms with Gasteiger partial charge in [-0.1, -0.05) is 278 Å². The van der Waals surface area contributed by atoms with Crippen molar-refractivity contribution >= 4 is 39.5 Å². The quantitative estimate of drug-likeness (QED) is 0.0169. The lowest BCUT2D eigenvalue weighted by molar-refractivity contribution is -0.161. The fourth-order valence-corrected chi connectivity index (χ4v) is 11.7. The SMILES string of the molecule is CCCCCC/C=C\C=C/CCCCCCCC(=O)OC[C@H](COP(=O)(O)OCC(O)COP(=O)(O)OC[C@@H](COC(=O)CCCCCCCCCC(C)C)OC(=O)CCCCCCCCCCC(C)CC)OC(=O)CCCCCCCCCCCCC(C)C. The lowest BCUT2D eigenvalue weighted by Gasteiger charge is -2.21. The molecule has 0 aromatic heterocycles. The molecule has 6 atom stereocenters. The van der Waals surface area contributed by atoms with Gasteiger partial charge in [-0.3, -0.25) is 37.3 Å². The van der Waals surface area contributed by atoms with Crippen molar-refractivity contribution in [3.63, 3.8) is 0 Å². The van der Waals surface area contributed by atoms with Gasteiger partial charge in [0.15, 0.2) is 12.2 Å². The number of carbonyl (C=O) groups is 4. The molecule has 0 rings (SSSR count). The molecule has 0 bridgehead atoms. The van der Waals surface area contributed by atoms with E-state index in [1.165, 1.54) is 116 Å². The van der Waals surface area contributed by atoms with Crippen LogP contribution in [0.1, 0.15) is 331 Å². The molecule has 0 aliphatic rings. The fraction of sp³-hybridized carbons (Fsp3) is 0.887. The summed E-state index contributed by atoms with van der Waals surface area (Å²) in [7, 11) is -9.91. The number of carbonyl (C=O) groups excluding carboxylic acids is 4. The van der Waals surface area contributed by atoms with E-state index in [1.54, 1.807) is 0 Å². The van der Waals surface area contributed by atoms with E-state index < -0.39 is 97.5 Å². The summed E-state index contributed by atoms with van der Waals surface area (Å²) >= 11 is 0. The fourth-order valence-electron chi connectivity index (χ4n) is 10.1. The average Bonchev–Trinajstić information content (AvgIpc) is 3.71. The largest absolute Gasteiger partial charge is 0.472 e. The number of unbranched alkanes of at least 4 members (excludes halogenated alkanes) is 31. The Hall–Kier alpha value is -2.46. The van der Waals surface area contributed by atoms with E-state index in [9.17, 15) is 43.2 Å². The standard InChI is InChI=1S/C71H134O17P2/c1-8-10-11-12-13-14-15-16-17-18-19-23-31-38-45-52-68(73)81-58-66(87-70(75)54-47-40-32-24-21-20-22-28-35-42-49-62(3)4)60-85-89(77,78)83-56-65(72)57-84-90(79,80)86-61-67(59-82-69(74)53-46-39-34-27-29-36-43-50-63(5)6)88-71(76)55-48-41-33-26-25-30-37-44-51-64(7)9-2/h14-17,62-67,72H,8-13,18-61H2,1-7H3,(H,77,78)(H,79,80)/b15-14-,17-16-/t64?,65?,66-,67-/m1/s1. The molecule has 90 heavy (non-hydrogen) atoms. The number of phosphoric acid groups is 2. The molecular formula is C71H134O17P2. The Morgan fingerprint density at radius 2 is 0.656 bits per heavy atom. The Morgan fingerprint density at radius 1 is 0.367 bits per heavy atom. The smallest absolute Gasteiger partial charge is 0.462 e. The summed E-state index contributed by atoms with van der Waals surface area (Å²) in [6.45, 7) is 11.7. The summed E-state index contributed by atoms with van der Waals surface area (Å²) in [6.07, 6.45) is 48.0. The Bertz CT molecular complexity index is 1860. The first-order valence-electron chi connectivity index (χ1n) is 36.2. The number of hydrogen-bond donors (Lipinski definition) is 3. The molecule has 0 heterocycles. The minimum Gasteiger partial charge on any atom is -0.462 e. The average molecular weight is 1320 g/mol. The highest BCUT2D eigenvalue weighted by Crippen LogP contribution is 2.45. The van der Waals surface area contributed by atoms with Gasteiger partial charge < -0.3 is 33.8 Å². The number of phosphoric ester groups is 2. The monoisotopic (exact) mass is 1320 g/mol. The number of rotatable bonds is 67. The highest BCUT2D eigenvalue weighted by molar-refractivity contribution is 7.47. The maximum Gasteiger partial charge on any atom is 0.472 e. The number of esters is 4. The summed E-state index contributed by atoms with van der Waals surface area (Å²) in [6, 6.07) is 0. The van der Waals surface area contributed by atoms with Gasteiger partial charge in [-0.15, -0.1) is 0 Å². The molecule has 0 aliphatic heterocycles. The van der Waals surface area contributed by atoms with Crippen LogP contribution in [0.4, 0.5) is 0 Å². The number of aliphatic hydroxyl groups excluding tert-OH is 1. The zero-order chi connectivity index (χ0) is 66.6. The summed E-state index contributed by atoms with van der Waals surface area (Å²) in [5.74, 6) is 0.0625. The molecule has 0 spiro atoms. The normalized spacial score (nSPS) is 14.7. The lowest BCUT2D eigenvalue weighted by atomic mass is 9.99. The van der Waals surface area contributed by atoms with Gasteiger partial charge in [0.25, 0.3) is 0 Å². The van der Waals surface area contributed by atoms with E-state index >= 15 is 0 Å². The number of aliphatic hydroxyl groups is 1. The molecule has 19 heteroatoms. The Kier molecular flexibility index (Phi) is 59.7. The predicted octanol–water partition coefficient (Wildman–Crippen LogP) is 19.8. The first-order valence-corrected chi connectivity index (χ1v) is 39.2. The van der Waals surface area contributed by atoms with E-state index in [1.807, 2.05) is 0 Å². The van der Waals surface area contributed by atoms with E-state index in [0.717, 1.165) is 127 Å². The van der Waals surface area contributed by atoms with Crippen LogP contribution in [-0.2, 0) is 65.4 Å². The van der Waals surface area contributed by atoms with Crippen molar-refractivity contribution < 1.29 is 80.2 Å². The molecule has 17 nitrogen and oxygen atoms in total. The summed E-state index contributed by atoms with van der Waals surface area (Å²) in [5.41, 5.74) is 0. The number of allylic oxidation sites excluding steroid dienone is 4. The van der Waals surface area contributed by atoms with E-state index in [4.69, 9.17) is 37.0 Å². The zero-order valence-electron chi connectivity index (χ0n) is 58.1. The van der Waals surface area contributed by atoms with E-state index in [-0.39, 0.29) is 25.7 Å². The molecule has 0 radical (unpaired) electrons. The first-order chi connectivity index (χ1) is 43.3. The van der Waals surface area contributed by atoms with Crippen LogP contribution in [0.5, 0.6) is 0 Å². The third-order valence-electron chi connectivity index (χ3n) is 16.1.